The van der Waals surface area contributed by atoms with Crippen molar-refractivity contribution >= 4 is 11.8 Å². The molecule has 0 radical (unpaired) electrons. The number of hydrogen-bond donors (Lipinski definition) is 2. The van der Waals surface area contributed by atoms with E-state index in [4.69, 9.17) is 0 Å². The van der Waals surface area contributed by atoms with Crippen LogP contribution in [0.25, 0.3) is 0 Å². The minimum Gasteiger partial charge on any atom is -0.351 e. The second kappa shape index (κ2) is 8.04. The van der Waals surface area contributed by atoms with Crippen LogP contribution in [0.3, 0.4) is 0 Å². The molecule has 174 valence electrons. The highest BCUT2D eigenvalue weighted by molar-refractivity contribution is 5.77. The van der Waals surface area contributed by atoms with E-state index in [0.717, 1.165) is 37.1 Å². The molecule has 5 nitrogen and oxygen atoms in total. The molecule has 4 saturated carbocycles. The maximum atomic E-state index is 13.1. The van der Waals surface area contributed by atoms with Gasteiger partial charge in [0.25, 0.3) is 0 Å². The van der Waals surface area contributed by atoms with Gasteiger partial charge in [0.15, 0.2) is 0 Å². The number of amides is 2. The fourth-order valence-electron chi connectivity index (χ4n) is 8.50. The van der Waals surface area contributed by atoms with Gasteiger partial charge in [-0.25, -0.2) is 0 Å². The highest BCUT2D eigenvalue weighted by Gasteiger charge is 2.51. The number of rotatable bonds is 6. The molecule has 2 saturated heterocycles. The highest BCUT2D eigenvalue weighted by atomic mass is 16.2. The van der Waals surface area contributed by atoms with E-state index >= 15 is 0 Å². The standard InChI is InChI=1S/C26H43N3O2/c1-25(2,3)27-23(30)6-7-29-21-4-5-22(29)12-17(11-21)13-24(31)28-26-14-18-8-19(15-26)10-20(9-18)16-26/h17-22H,4-16H2,1-3H3,(H,27,30)(H,28,31)/t17-,18?,19?,20?,21+,22-,26?. The molecule has 6 rings (SSSR count). The number of hydrogen-bond acceptors (Lipinski definition) is 3. The molecule has 6 fully saturated rings. The molecule has 5 heteroatoms. The molecule has 2 aliphatic heterocycles. The average Bonchev–Trinajstić information content (AvgIpc) is 2.85. The van der Waals surface area contributed by atoms with Crippen LogP contribution in [0.2, 0.25) is 0 Å². The number of fused-ring (bicyclic) bond motifs is 2. The first kappa shape index (κ1) is 21.7. The van der Waals surface area contributed by atoms with E-state index < -0.39 is 0 Å². The highest BCUT2D eigenvalue weighted by Crippen LogP contribution is 2.55. The van der Waals surface area contributed by atoms with Crippen LogP contribution >= 0.6 is 0 Å². The summed E-state index contributed by atoms with van der Waals surface area (Å²) in [7, 11) is 0. The van der Waals surface area contributed by atoms with Crippen molar-refractivity contribution in [2.75, 3.05) is 6.54 Å². The maximum absolute atomic E-state index is 13.1. The molecule has 4 aliphatic carbocycles. The van der Waals surface area contributed by atoms with Crippen molar-refractivity contribution in [1.82, 2.24) is 15.5 Å². The molecule has 2 N–H and O–H groups in total. The van der Waals surface area contributed by atoms with Gasteiger partial charge in [0, 0.05) is 42.5 Å². The third-order valence-electron chi connectivity index (χ3n) is 9.01. The predicted octanol–water partition coefficient (Wildman–Crippen LogP) is 4.01. The van der Waals surface area contributed by atoms with Crippen LogP contribution in [0.5, 0.6) is 0 Å². The Hall–Kier alpha value is -1.10. The van der Waals surface area contributed by atoms with Gasteiger partial charge in [-0.3, -0.25) is 14.5 Å². The molecule has 0 aromatic carbocycles. The zero-order chi connectivity index (χ0) is 21.8. The molecule has 6 aliphatic rings. The van der Waals surface area contributed by atoms with Crippen molar-refractivity contribution in [2.45, 2.75) is 121 Å². The molecule has 6 bridgehead atoms. The first-order valence-electron chi connectivity index (χ1n) is 13.0. The molecule has 2 heterocycles. The monoisotopic (exact) mass is 429 g/mol. The Morgan fingerprint density at radius 1 is 0.871 bits per heavy atom. The Kier molecular flexibility index (Phi) is 5.64. The van der Waals surface area contributed by atoms with Gasteiger partial charge in [-0.2, -0.15) is 0 Å². The Bertz CT molecular complexity index is 663. The number of nitrogens with one attached hydrogen (secondary N) is 2. The number of carbonyl (C=O) groups is 2. The molecule has 3 atom stereocenters. The Morgan fingerprint density at radius 3 is 1.94 bits per heavy atom. The lowest BCUT2D eigenvalue weighted by Crippen LogP contribution is -2.60. The Labute approximate surface area is 188 Å². The molecule has 2 amide bonds. The zero-order valence-corrected chi connectivity index (χ0v) is 19.9. The molecule has 31 heavy (non-hydrogen) atoms. The summed E-state index contributed by atoms with van der Waals surface area (Å²) in [6.45, 7) is 6.97. The van der Waals surface area contributed by atoms with Gasteiger partial charge < -0.3 is 10.6 Å². The molecule has 0 spiro atoms. The topological polar surface area (TPSA) is 61.4 Å². The van der Waals surface area contributed by atoms with E-state index in [0.29, 0.717) is 36.8 Å². The van der Waals surface area contributed by atoms with Gasteiger partial charge in [-0.05, 0) is 109 Å². The molecule has 0 aromatic heterocycles. The summed E-state index contributed by atoms with van der Waals surface area (Å²) in [5, 5.41) is 6.68. The zero-order valence-electron chi connectivity index (χ0n) is 19.9. The maximum Gasteiger partial charge on any atom is 0.221 e. The molecule has 0 unspecified atom stereocenters. The van der Waals surface area contributed by atoms with Crippen LogP contribution in [0.4, 0.5) is 0 Å². The smallest absolute Gasteiger partial charge is 0.221 e. The van der Waals surface area contributed by atoms with Gasteiger partial charge in [-0.15, -0.1) is 0 Å². The van der Waals surface area contributed by atoms with E-state index in [-0.39, 0.29) is 17.0 Å². The minimum atomic E-state index is -0.160. The lowest BCUT2D eigenvalue weighted by Gasteiger charge is -2.57. The molecular formula is C26H43N3O2. The normalized spacial score (nSPS) is 41.4. The van der Waals surface area contributed by atoms with Crippen LogP contribution < -0.4 is 10.6 Å². The number of piperidine rings is 1. The number of nitrogens with zero attached hydrogens (tertiary/aromatic N) is 1. The van der Waals surface area contributed by atoms with Crippen molar-refractivity contribution in [1.29, 1.82) is 0 Å². The molecule has 0 aromatic rings. The van der Waals surface area contributed by atoms with Crippen molar-refractivity contribution < 1.29 is 9.59 Å². The van der Waals surface area contributed by atoms with Crippen molar-refractivity contribution in [2.24, 2.45) is 23.7 Å². The largest absolute Gasteiger partial charge is 0.351 e. The summed E-state index contributed by atoms with van der Waals surface area (Å²) in [4.78, 5) is 27.9. The lowest BCUT2D eigenvalue weighted by molar-refractivity contribution is -0.128. The molecular weight excluding hydrogens is 386 g/mol. The summed E-state index contributed by atoms with van der Waals surface area (Å²) in [6, 6.07) is 1.14. The number of carbonyl (C=O) groups excluding carboxylic acids is 2. The fraction of sp³-hybridized carbons (Fsp3) is 0.923. The van der Waals surface area contributed by atoms with Gasteiger partial charge in [-0.1, -0.05) is 0 Å². The van der Waals surface area contributed by atoms with Crippen LogP contribution in [-0.2, 0) is 9.59 Å². The second-order valence-electron chi connectivity index (χ2n) is 13.0. The van der Waals surface area contributed by atoms with E-state index in [1.807, 2.05) is 20.8 Å². The predicted molar refractivity (Wildman–Crippen MR) is 122 cm³/mol. The van der Waals surface area contributed by atoms with Crippen molar-refractivity contribution in [3.63, 3.8) is 0 Å². The van der Waals surface area contributed by atoms with Crippen molar-refractivity contribution in [3.8, 4) is 0 Å². The van der Waals surface area contributed by atoms with Gasteiger partial charge in [0.1, 0.15) is 0 Å². The fourth-order valence-corrected chi connectivity index (χ4v) is 8.50. The van der Waals surface area contributed by atoms with Gasteiger partial charge >= 0.3 is 0 Å². The van der Waals surface area contributed by atoms with E-state index in [9.17, 15) is 9.59 Å². The van der Waals surface area contributed by atoms with E-state index in [1.165, 1.54) is 51.4 Å². The third kappa shape index (κ3) is 4.82. The average molecular weight is 430 g/mol. The van der Waals surface area contributed by atoms with Crippen molar-refractivity contribution in [3.05, 3.63) is 0 Å². The van der Waals surface area contributed by atoms with E-state index in [2.05, 4.69) is 15.5 Å². The summed E-state index contributed by atoms with van der Waals surface area (Å²) in [5.74, 6) is 3.63. The Morgan fingerprint density at radius 2 is 1.42 bits per heavy atom. The quantitative estimate of drug-likeness (QED) is 0.671. The third-order valence-corrected chi connectivity index (χ3v) is 9.01. The summed E-state index contributed by atoms with van der Waals surface area (Å²) < 4.78 is 0. The first-order chi connectivity index (χ1) is 14.7. The summed E-state index contributed by atoms with van der Waals surface area (Å²) in [5.41, 5.74) is -0.0148. The van der Waals surface area contributed by atoms with Gasteiger partial charge in [0.05, 0.1) is 0 Å². The van der Waals surface area contributed by atoms with Crippen LogP contribution in [0, 0.1) is 23.7 Å². The first-order valence-corrected chi connectivity index (χ1v) is 13.0. The summed E-state index contributed by atoms with van der Waals surface area (Å²) >= 11 is 0. The second-order valence-corrected chi connectivity index (χ2v) is 13.0. The minimum absolute atomic E-state index is 0.145. The van der Waals surface area contributed by atoms with E-state index in [1.54, 1.807) is 0 Å². The van der Waals surface area contributed by atoms with Crippen LogP contribution in [0.15, 0.2) is 0 Å². The van der Waals surface area contributed by atoms with Gasteiger partial charge in [0.2, 0.25) is 11.8 Å². The SMILES string of the molecule is CC(C)(C)NC(=O)CCN1[C@@H]2CC[C@H]1C[C@@H](CC(=O)NC13CC4CC(CC(C4)C1)C3)C2. The van der Waals surface area contributed by atoms with Crippen LogP contribution in [0.1, 0.15) is 97.8 Å². The Balaban J connectivity index is 1.10. The lowest BCUT2D eigenvalue weighted by atomic mass is 9.53. The van der Waals surface area contributed by atoms with Crippen LogP contribution in [-0.4, -0.2) is 46.4 Å². The summed E-state index contributed by atoms with van der Waals surface area (Å²) in [6.07, 6.45) is 14.0.